The second-order valence-electron chi connectivity index (χ2n) is 8.97. The number of hydrogen-bond donors (Lipinski definition) is 2. The molecular weight excluding hydrogens is 470 g/mol. The minimum atomic E-state index is -0.696. The molecule has 4 heterocycles. The predicted molar refractivity (Wildman–Crippen MR) is 126 cm³/mol. The number of ether oxygens (including phenoxy) is 2. The molecule has 0 aliphatic carbocycles. The van der Waals surface area contributed by atoms with Crippen molar-refractivity contribution in [2.45, 2.75) is 6.17 Å². The molecule has 0 radical (unpaired) electrons. The highest BCUT2D eigenvalue weighted by Gasteiger charge is 2.35. The number of likely N-dealkylation sites (tertiary alicyclic amines) is 1. The standard InChI is InChI=1S/C26H22F2N4O4/c27-17-3-1-16(2-4-17)25-21(5-6-23-29-7-8-32(23)25)35-13-15-11-31(12-15)26(34)18-9-20-22(10-19(18)28)36-14-24(33)30-20/h1-10,15,23,29H,11-14H2,(H,30,33). The van der Waals surface area contributed by atoms with Gasteiger partial charge in [-0.15, -0.1) is 0 Å². The average Bonchev–Trinajstić information content (AvgIpc) is 3.32. The Morgan fingerprint density at radius 1 is 1.17 bits per heavy atom. The largest absolute Gasteiger partial charge is 0.491 e. The van der Waals surface area contributed by atoms with E-state index in [4.69, 9.17) is 9.47 Å². The molecule has 6 rings (SSSR count). The molecule has 4 aliphatic rings. The number of hydrogen-bond acceptors (Lipinski definition) is 6. The first-order valence-electron chi connectivity index (χ1n) is 11.5. The molecule has 1 fully saturated rings. The summed E-state index contributed by atoms with van der Waals surface area (Å²) in [5.74, 6) is -0.903. The van der Waals surface area contributed by atoms with E-state index in [2.05, 4.69) is 10.6 Å². The van der Waals surface area contributed by atoms with Crippen LogP contribution in [0.4, 0.5) is 14.5 Å². The molecule has 8 nitrogen and oxygen atoms in total. The number of rotatable bonds is 5. The Bertz CT molecular complexity index is 1330. The number of halogens is 2. The summed E-state index contributed by atoms with van der Waals surface area (Å²) < 4.78 is 39.4. The van der Waals surface area contributed by atoms with Gasteiger partial charge in [0, 0.05) is 43.0 Å². The molecule has 0 saturated carbocycles. The van der Waals surface area contributed by atoms with Gasteiger partial charge in [0.1, 0.15) is 29.3 Å². The van der Waals surface area contributed by atoms with Crippen molar-refractivity contribution in [3.05, 3.63) is 89.5 Å². The molecule has 2 aromatic rings. The third-order valence-electron chi connectivity index (χ3n) is 6.49. The topological polar surface area (TPSA) is 83.1 Å². The monoisotopic (exact) mass is 492 g/mol. The van der Waals surface area contributed by atoms with Gasteiger partial charge in [-0.25, -0.2) is 8.78 Å². The summed E-state index contributed by atoms with van der Waals surface area (Å²) in [5, 5.41) is 5.82. The van der Waals surface area contributed by atoms with E-state index in [1.165, 1.54) is 18.2 Å². The molecule has 184 valence electrons. The Balaban J connectivity index is 1.13. The van der Waals surface area contributed by atoms with E-state index in [-0.39, 0.29) is 47.4 Å². The maximum Gasteiger partial charge on any atom is 0.262 e. The zero-order chi connectivity index (χ0) is 24.8. The zero-order valence-corrected chi connectivity index (χ0v) is 19.0. The van der Waals surface area contributed by atoms with Gasteiger partial charge < -0.3 is 29.9 Å². The summed E-state index contributed by atoms with van der Waals surface area (Å²) in [7, 11) is 0. The van der Waals surface area contributed by atoms with E-state index < -0.39 is 11.7 Å². The van der Waals surface area contributed by atoms with Crippen molar-refractivity contribution in [2.75, 3.05) is 31.6 Å². The second-order valence-corrected chi connectivity index (χ2v) is 8.97. The molecule has 10 heteroatoms. The summed E-state index contributed by atoms with van der Waals surface area (Å²) in [5.41, 5.74) is 1.80. The fraction of sp³-hybridized carbons (Fsp3) is 0.231. The second kappa shape index (κ2) is 8.71. The molecule has 4 aliphatic heterocycles. The number of benzene rings is 2. The number of carbonyl (C=O) groups is 2. The minimum Gasteiger partial charge on any atom is -0.491 e. The van der Waals surface area contributed by atoms with Crippen LogP contribution in [0, 0.1) is 17.6 Å². The first kappa shape index (κ1) is 22.1. The number of allylic oxidation sites excluding steroid dienone is 1. The van der Waals surface area contributed by atoms with Crippen LogP contribution in [-0.2, 0) is 9.53 Å². The van der Waals surface area contributed by atoms with Crippen molar-refractivity contribution in [1.82, 2.24) is 15.1 Å². The van der Waals surface area contributed by atoms with Crippen LogP contribution in [0.2, 0.25) is 0 Å². The molecule has 36 heavy (non-hydrogen) atoms. The number of nitrogens with zero attached hydrogens (tertiary/aromatic N) is 2. The normalized spacial score (nSPS) is 20.3. The molecule has 1 saturated heterocycles. The van der Waals surface area contributed by atoms with E-state index in [1.807, 2.05) is 29.5 Å². The molecule has 0 spiro atoms. The van der Waals surface area contributed by atoms with E-state index in [1.54, 1.807) is 17.0 Å². The van der Waals surface area contributed by atoms with Gasteiger partial charge >= 0.3 is 0 Å². The number of fused-ring (bicyclic) bond motifs is 2. The van der Waals surface area contributed by atoms with Gasteiger partial charge in [-0.2, -0.15) is 0 Å². The quantitative estimate of drug-likeness (QED) is 0.668. The maximum absolute atomic E-state index is 14.6. The fourth-order valence-corrected chi connectivity index (χ4v) is 4.64. The molecule has 1 atom stereocenters. The van der Waals surface area contributed by atoms with E-state index >= 15 is 0 Å². The van der Waals surface area contributed by atoms with Gasteiger partial charge in [-0.05, 0) is 42.5 Å². The van der Waals surface area contributed by atoms with Gasteiger partial charge in [0.15, 0.2) is 6.61 Å². The first-order chi connectivity index (χ1) is 17.5. The lowest BCUT2D eigenvalue weighted by Gasteiger charge is -2.39. The third-order valence-corrected chi connectivity index (χ3v) is 6.49. The van der Waals surface area contributed by atoms with Crippen molar-refractivity contribution in [1.29, 1.82) is 0 Å². The summed E-state index contributed by atoms with van der Waals surface area (Å²) in [6, 6.07) is 8.67. The number of anilines is 1. The van der Waals surface area contributed by atoms with Crippen LogP contribution >= 0.6 is 0 Å². The summed E-state index contributed by atoms with van der Waals surface area (Å²) in [4.78, 5) is 28.0. The van der Waals surface area contributed by atoms with Crippen molar-refractivity contribution >= 4 is 23.2 Å². The SMILES string of the molecule is O=C1COc2cc(F)c(C(=O)N3CC(COC4=C(c5ccc(F)cc5)N5C=CNC5C=C4)C3)cc2N1. The van der Waals surface area contributed by atoms with Crippen molar-refractivity contribution in [2.24, 2.45) is 5.92 Å². The van der Waals surface area contributed by atoms with Gasteiger partial charge in [-0.1, -0.05) is 0 Å². The minimum absolute atomic E-state index is 0.0454. The van der Waals surface area contributed by atoms with Crippen LogP contribution in [0.25, 0.3) is 5.70 Å². The highest BCUT2D eigenvalue weighted by Crippen LogP contribution is 2.34. The lowest BCUT2D eigenvalue weighted by Crippen LogP contribution is -2.51. The summed E-state index contributed by atoms with van der Waals surface area (Å²) in [6.45, 7) is 0.997. The van der Waals surface area contributed by atoms with Crippen molar-refractivity contribution in [3.8, 4) is 5.75 Å². The number of amides is 2. The van der Waals surface area contributed by atoms with Gasteiger partial charge in [0.2, 0.25) is 0 Å². The Kier molecular flexibility index (Phi) is 5.36. The average molecular weight is 492 g/mol. The smallest absolute Gasteiger partial charge is 0.262 e. The summed E-state index contributed by atoms with van der Waals surface area (Å²) in [6.07, 6.45) is 7.56. The van der Waals surface area contributed by atoms with Crippen LogP contribution < -0.4 is 15.4 Å². The van der Waals surface area contributed by atoms with E-state index in [9.17, 15) is 18.4 Å². The number of carbonyl (C=O) groups excluding carboxylic acids is 2. The lowest BCUT2D eigenvalue weighted by atomic mass is 9.99. The molecule has 1 unspecified atom stereocenters. The third kappa shape index (κ3) is 3.94. The highest BCUT2D eigenvalue weighted by molar-refractivity contribution is 6.00. The van der Waals surface area contributed by atoms with Crippen LogP contribution in [-0.4, -0.2) is 54.1 Å². The van der Waals surface area contributed by atoms with E-state index in [0.717, 1.165) is 17.3 Å². The lowest BCUT2D eigenvalue weighted by molar-refractivity contribution is -0.118. The van der Waals surface area contributed by atoms with E-state index in [0.29, 0.717) is 25.5 Å². The highest BCUT2D eigenvalue weighted by atomic mass is 19.1. The molecule has 0 aromatic heterocycles. The van der Waals surface area contributed by atoms with Gasteiger partial charge in [0.25, 0.3) is 11.8 Å². The maximum atomic E-state index is 14.6. The van der Waals surface area contributed by atoms with Crippen LogP contribution in [0.5, 0.6) is 5.75 Å². The molecule has 0 bridgehead atoms. The Labute approximate surface area is 205 Å². The summed E-state index contributed by atoms with van der Waals surface area (Å²) >= 11 is 0. The first-order valence-corrected chi connectivity index (χ1v) is 11.5. The van der Waals surface area contributed by atoms with Crippen molar-refractivity contribution < 1.29 is 27.8 Å². The Morgan fingerprint density at radius 3 is 2.78 bits per heavy atom. The van der Waals surface area contributed by atoms with Crippen LogP contribution in [0.15, 0.2) is 66.7 Å². The molecule has 2 N–H and O–H groups in total. The van der Waals surface area contributed by atoms with Crippen LogP contribution in [0.1, 0.15) is 15.9 Å². The number of nitrogens with one attached hydrogen (secondary N) is 2. The van der Waals surface area contributed by atoms with Crippen LogP contribution in [0.3, 0.4) is 0 Å². The predicted octanol–water partition coefficient (Wildman–Crippen LogP) is 3.03. The van der Waals surface area contributed by atoms with Gasteiger partial charge in [-0.3, -0.25) is 9.59 Å². The van der Waals surface area contributed by atoms with Crippen molar-refractivity contribution in [3.63, 3.8) is 0 Å². The Morgan fingerprint density at radius 2 is 1.97 bits per heavy atom. The zero-order valence-electron chi connectivity index (χ0n) is 19.0. The fourth-order valence-electron chi connectivity index (χ4n) is 4.64. The van der Waals surface area contributed by atoms with Gasteiger partial charge in [0.05, 0.1) is 23.6 Å². The molecule has 2 aromatic carbocycles. The Hall–Kier alpha value is -4.34. The molecular formula is C26H22F2N4O4. The molecule has 2 amide bonds.